The molecule has 0 spiro atoms. The molecule has 0 N–H and O–H groups in total. The van der Waals surface area contributed by atoms with E-state index in [-0.39, 0.29) is 11.2 Å². The van der Waals surface area contributed by atoms with Gasteiger partial charge >= 0.3 is 0 Å². The van der Waals surface area contributed by atoms with E-state index in [1.807, 2.05) is 6.92 Å². The second kappa shape index (κ2) is 2.15. The van der Waals surface area contributed by atoms with Crippen LogP contribution in [0, 0.1) is 5.41 Å². The minimum absolute atomic E-state index is 0.129. The molecule has 0 bridgehead atoms. The van der Waals surface area contributed by atoms with E-state index in [9.17, 15) is 4.79 Å². The van der Waals surface area contributed by atoms with Crippen LogP contribution in [0.5, 0.6) is 0 Å². The molecule has 4 heteroatoms. The molecule has 0 atom stereocenters. The van der Waals surface area contributed by atoms with Crippen molar-refractivity contribution in [2.24, 2.45) is 12.5 Å². The molecule has 1 aliphatic carbocycles. The molecule has 0 aromatic carbocycles. The van der Waals surface area contributed by atoms with E-state index in [1.165, 1.54) is 11.0 Å². The van der Waals surface area contributed by atoms with Gasteiger partial charge in [0.15, 0.2) is 5.78 Å². The van der Waals surface area contributed by atoms with Crippen molar-refractivity contribution in [2.45, 2.75) is 19.8 Å². The summed E-state index contributed by atoms with van der Waals surface area (Å²) in [6.45, 7) is 1.98. The topological polar surface area (TPSA) is 47.8 Å². The SMILES string of the molecule is Cn1ncc(C(=O)C2(C)CC2)n1. The van der Waals surface area contributed by atoms with Gasteiger partial charge in [-0.3, -0.25) is 4.79 Å². The molecular weight excluding hydrogens is 154 g/mol. The van der Waals surface area contributed by atoms with Crippen LogP contribution >= 0.6 is 0 Å². The first-order valence-corrected chi connectivity index (χ1v) is 4.03. The van der Waals surface area contributed by atoms with Crippen LogP contribution in [0.2, 0.25) is 0 Å². The first-order chi connectivity index (χ1) is 5.62. The lowest BCUT2D eigenvalue weighted by Gasteiger charge is -2.01. The van der Waals surface area contributed by atoms with E-state index < -0.39 is 0 Å². The van der Waals surface area contributed by atoms with Gasteiger partial charge in [0.05, 0.1) is 6.20 Å². The van der Waals surface area contributed by atoms with Crippen molar-refractivity contribution in [3.05, 3.63) is 11.9 Å². The molecule has 0 saturated heterocycles. The van der Waals surface area contributed by atoms with Crippen molar-refractivity contribution in [1.29, 1.82) is 0 Å². The van der Waals surface area contributed by atoms with Gasteiger partial charge in [0.2, 0.25) is 0 Å². The third-order valence-corrected chi connectivity index (χ3v) is 2.38. The van der Waals surface area contributed by atoms with Crippen LogP contribution in [0.4, 0.5) is 0 Å². The maximum absolute atomic E-state index is 11.6. The van der Waals surface area contributed by atoms with Gasteiger partial charge in [-0.05, 0) is 12.8 Å². The Morgan fingerprint density at radius 3 is 2.75 bits per heavy atom. The highest BCUT2D eigenvalue weighted by molar-refractivity contribution is 6.00. The standard InChI is InChI=1S/C8H11N3O/c1-8(3-4-8)7(12)6-5-9-11(2)10-6/h5H,3-4H2,1-2H3. The van der Waals surface area contributed by atoms with E-state index in [0.717, 1.165) is 12.8 Å². The Bertz CT molecular complexity index is 325. The van der Waals surface area contributed by atoms with E-state index in [0.29, 0.717) is 5.69 Å². The summed E-state index contributed by atoms with van der Waals surface area (Å²) in [6, 6.07) is 0. The molecule has 1 aromatic heterocycles. The Kier molecular flexibility index (Phi) is 1.34. The monoisotopic (exact) mass is 165 g/mol. The van der Waals surface area contributed by atoms with Gasteiger partial charge in [0.1, 0.15) is 5.69 Å². The zero-order valence-electron chi connectivity index (χ0n) is 7.24. The molecule has 0 amide bonds. The fraction of sp³-hybridized carbons (Fsp3) is 0.625. The van der Waals surface area contributed by atoms with Gasteiger partial charge in [-0.15, -0.1) is 0 Å². The first-order valence-electron chi connectivity index (χ1n) is 4.03. The number of hydrogen-bond acceptors (Lipinski definition) is 3. The third-order valence-electron chi connectivity index (χ3n) is 2.38. The molecular formula is C8H11N3O. The number of nitrogens with zero attached hydrogens (tertiary/aromatic N) is 3. The number of carbonyl (C=O) groups is 1. The van der Waals surface area contributed by atoms with Gasteiger partial charge in [-0.1, -0.05) is 6.92 Å². The van der Waals surface area contributed by atoms with Gasteiger partial charge < -0.3 is 0 Å². The van der Waals surface area contributed by atoms with Crippen molar-refractivity contribution in [3.63, 3.8) is 0 Å². The fourth-order valence-corrected chi connectivity index (χ4v) is 1.17. The predicted octanol–water partition coefficient (Wildman–Crippen LogP) is 0.798. The maximum Gasteiger partial charge on any atom is 0.190 e. The highest BCUT2D eigenvalue weighted by Gasteiger charge is 2.46. The summed E-state index contributed by atoms with van der Waals surface area (Å²) < 4.78 is 0. The van der Waals surface area contributed by atoms with Crippen LogP contribution < -0.4 is 0 Å². The predicted molar refractivity (Wildman–Crippen MR) is 42.7 cm³/mol. The van der Waals surface area contributed by atoms with Gasteiger partial charge in [0, 0.05) is 12.5 Å². The zero-order chi connectivity index (χ0) is 8.77. The number of rotatable bonds is 2. The molecule has 4 nitrogen and oxygen atoms in total. The minimum Gasteiger partial charge on any atom is -0.292 e. The minimum atomic E-state index is -0.129. The summed E-state index contributed by atoms with van der Waals surface area (Å²) in [5, 5.41) is 7.84. The molecule has 2 rings (SSSR count). The molecule has 1 aliphatic rings. The second-order valence-corrected chi connectivity index (χ2v) is 3.61. The number of carbonyl (C=O) groups excluding carboxylic acids is 1. The third kappa shape index (κ3) is 1.03. The number of ketones is 1. The van der Waals surface area contributed by atoms with Crippen molar-refractivity contribution < 1.29 is 4.79 Å². The summed E-state index contributed by atoms with van der Waals surface area (Å²) in [4.78, 5) is 13.0. The molecule has 0 unspecified atom stereocenters. The zero-order valence-corrected chi connectivity index (χ0v) is 7.24. The number of aryl methyl sites for hydroxylation is 1. The second-order valence-electron chi connectivity index (χ2n) is 3.61. The number of aromatic nitrogens is 3. The summed E-state index contributed by atoms with van der Waals surface area (Å²) in [7, 11) is 1.71. The van der Waals surface area contributed by atoms with Crippen LogP contribution in [-0.2, 0) is 7.05 Å². The van der Waals surface area contributed by atoms with Crippen LogP contribution in [0.1, 0.15) is 30.3 Å². The summed E-state index contributed by atoms with van der Waals surface area (Å²) in [5.74, 6) is 0.135. The lowest BCUT2D eigenvalue weighted by molar-refractivity contribution is 0.0906. The van der Waals surface area contributed by atoms with Crippen molar-refractivity contribution in [2.75, 3.05) is 0 Å². The van der Waals surface area contributed by atoms with Gasteiger partial charge in [0.25, 0.3) is 0 Å². The average molecular weight is 165 g/mol. The van der Waals surface area contributed by atoms with E-state index in [4.69, 9.17) is 0 Å². The summed E-state index contributed by atoms with van der Waals surface area (Å²) in [6.07, 6.45) is 3.51. The highest BCUT2D eigenvalue weighted by atomic mass is 16.1. The van der Waals surface area contributed by atoms with Crippen LogP contribution in [0.15, 0.2) is 6.20 Å². The molecule has 1 fully saturated rings. The maximum atomic E-state index is 11.6. The largest absolute Gasteiger partial charge is 0.292 e. The molecule has 64 valence electrons. The van der Waals surface area contributed by atoms with E-state index in [2.05, 4.69) is 10.2 Å². The molecule has 12 heavy (non-hydrogen) atoms. The Morgan fingerprint density at radius 1 is 1.67 bits per heavy atom. The molecule has 0 radical (unpaired) electrons. The molecule has 1 aromatic rings. The van der Waals surface area contributed by atoms with Crippen LogP contribution in [-0.4, -0.2) is 20.8 Å². The Hall–Kier alpha value is -1.19. The Labute approximate surface area is 70.6 Å². The van der Waals surface area contributed by atoms with Crippen molar-refractivity contribution in [3.8, 4) is 0 Å². The Balaban J connectivity index is 2.25. The normalized spacial score (nSPS) is 19.2. The lowest BCUT2D eigenvalue weighted by atomic mass is 10.0. The van der Waals surface area contributed by atoms with Gasteiger partial charge in [-0.25, -0.2) is 0 Å². The smallest absolute Gasteiger partial charge is 0.190 e. The summed E-state index contributed by atoms with van der Waals surface area (Å²) >= 11 is 0. The fourth-order valence-electron chi connectivity index (χ4n) is 1.17. The molecule has 0 aliphatic heterocycles. The molecule has 1 heterocycles. The Morgan fingerprint density at radius 2 is 2.33 bits per heavy atom. The van der Waals surface area contributed by atoms with E-state index >= 15 is 0 Å². The van der Waals surface area contributed by atoms with Crippen molar-refractivity contribution >= 4 is 5.78 Å². The van der Waals surface area contributed by atoms with Crippen molar-refractivity contribution in [1.82, 2.24) is 15.0 Å². The quantitative estimate of drug-likeness (QED) is 0.609. The molecule has 1 saturated carbocycles. The summed E-state index contributed by atoms with van der Waals surface area (Å²) in [5.41, 5.74) is 0.369. The lowest BCUT2D eigenvalue weighted by Crippen LogP contribution is -2.12. The highest BCUT2D eigenvalue weighted by Crippen LogP contribution is 2.47. The van der Waals surface area contributed by atoms with Crippen LogP contribution in [0.3, 0.4) is 0 Å². The first kappa shape index (κ1) is 7.46. The van der Waals surface area contributed by atoms with Gasteiger partial charge in [-0.2, -0.15) is 15.0 Å². The average Bonchev–Trinajstić information content (AvgIpc) is 2.62. The van der Waals surface area contributed by atoms with Crippen LogP contribution in [0.25, 0.3) is 0 Å². The number of Topliss-reactive ketones (excluding diaryl/α,β-unsaturated/α-hetero) is 1. The number of hydrogen-bond donors (Lipinski definition) is 0. The van der Waals surface area contributed by atoms with E-state index in [1.54, 1.807) is 7.05 Å².